The van der Waals surface area contributed by atoms with E-state index in [0.29, 0.717) is 0 Å². The standard InChI is InChI=1S/C5H6N3O/c6-5(9)4-8-3-1-2-7-8/h2-3H,4H2,(H2,6,9). The predicted octanol–water partition coefficient (Wildman–Crippen LogP) is -0.831. The van der Waals surface area contributed by atoms with Gasteiger partial charge in [-0.05, 0) is 0 Å². The first-order chi connectivity index (χ1) is 4.29. The molecule has 1 amide bonds. The van der Waals surface area contributed by atoms with Gasteiger partial charge in [0.05, 0.1) is 6.20 Å². The molecule has 47 valence electrons. The molecule has 0 fully saturated rings. The van der Waals surface area contributed by atoms with Crippen molar-refractivity contribution in [2.45, 2.75) is 6.54 Å². The van der Waals surface area contributed by atoms with E-state index in [0.717, 1.165) is 0 Å². The molecule has 0 aromatic carbocycles. The molecule has 0 spiro atoms. The summed E-state index contributed by atoms with van der Waals surface area (Å²) in [5, 5.41) is 3.72. The van der Waals surface area contributed by atoms with Crippen LogP contribution in [0, 0.1) is 6.07 Å². The topological polar surface area (TPSA) is 60.9 Å². The highest BCUT2D eigenvalue weighted by molar-refractivity contribution is 5.73. The SMILES string of the molecule is NC(=O)Cn1c[c]cn1. The third-order valence-corrected chi connectivity index (χ3v) is 0.822. The Bertz CT molecular complexity index is 192. The van der Waals surface area contributed by atoms with E-state index < -0.39 is 5.91 Å². The number of nitrogens with zero attached hydrogens (tertiary/aromatic N) is 2. The zero-order valence-corrected chi connectivity index (χ0v) is 4.74. The minimum Gasteiger partial charge on any atom is -0.368 e. The Morgan fingerprint density at radius 2 is 2.67 bits per heavy atom. The highest BCUT2D eigenvalue weighted by Gasteiger charge is 1.93. The van der Waals surface area contributed by atoms with Crippen LogP contribution in [0.1, 0.15) is 0 Å². The number of carbonyl (C=O) groups is 1. The van der Waals surface area contributed by atoms with Crippen molar-refractivity contribution >= 4 is 5.91 Å². The first-order valence-electron chi connectivity index (χ1n) is 2.46. The van der Waals surface area contributed by atoms with Crippen LogP contribution in [0.15, 0.2) is 12.4 Å². The summed E-state index contributed by atoms with van der Waals surface area (Å²) in [6.45, 7) is 0.128. The molecule has 0 bridgehead atoms. The average molecular weight is 124 g/mol. The molecule has 0 saturated heterocycles. The molecule has 1 radical (unpaired) electrons. The number of primary amides is 1. The van der Waals surface area contributed by atoms with Gasteiger partial charge in [0, 0.05) is 12.3 Å². The summed E-state index contributed by atoms with van der Waals surface area (Å²) in [5.74, 6) is -0.396. The second-order valence-corrected chi connectivity index (χ2v) is 1.60. The molecule has 1 heterocycles. The van der Waals surface area contributed by atoms with Crippen LogP contribution < -0.4 is 5.73 Å². The van der Waals surface area contributed by atoms with Crippen molar-refractivity contribution in [3.05, 3.63) is 18.5 Å². The Kier molecular flexibility index (Phi) is 1.48. The fourth-order valence-electron chi connectivity index (χ4n) is 0.506. The zero-order chi connectivity index (χ0) is 6.69. The predicted molar refractivity (Wildman–Crippen MR) is 30.3 cm³/mol. The highest BCUT2D eigenvalue weighted by atomic mass is 16.1. The number of rotatable bonds is 2. The fraction of sp³-hybridized carbons (Fsp3) is 0.200. The van der Waals surface area contributed by atoms with Crippen LogP contribution >= 0.6 is 0 Å². The van der Waals surface area contributed by atoms with Crippen LogP contribution in [-0.2, 0) is 11.3 Å². The monoisotopic (exact) mass is 124 g/mol. The lowest BCUT2D eigenvalue weighted by Crippen LogP contribution is -2.18. The number of carbonyl (C=O) groups excluding carboxylic acids is 1. The van der Waals surface area contributed by atoms with E-state index in [4.69, 9.17) is 5.73 Å². The molecule has 0 saturated carbocycles. The molecule has 4 nitrogen and oxygen atoms in total. The Labute approximate surface area is 52.3 Å². The molecular weight excluding hydrogens is 118 g/mol. The van der Waals surface area contributed by atoms with Crippen LogP contribution in [0.25, 0.3) is 0 Å². The normalized spacial score (nSPS) is 9.33. The van der Waals surface area contributed by atoms with E-state index in [1.54, 1.807) is 6.20 Å². The van der Waals surface area contributed by atoms with Gasteiger partial charge in [-0.15, -0.1) is 0 Å². The number of aromatic nitrogens is 2. The first kappa shape index (κ1) is 5.81. The summed E-state index contributed by atoms with van der Waals surface area (Å²) < 4.78 is 1.42. The van der Waals surface area contributed by atoms with Crippen molar-refractivity contribution in [2.75, 3.05) is 0 Å². The molecule has 1 rings (SSSR count). The van der Waals surface area contributed by atoms with Crippen molar-refractivity contribution in [3.63, 3.8) is 0 Å². The maximum atomic E-state index is 10.2. The Hall–Kier alpha value is -1.32. The Morgan fingerprint density at radius 3 is 3.11 bits per heavy atom. The molecule has 0 unspecified atom stereocenters. The van der Waals surface area contributed by atoms with E-state index in [2.05, 4.69) is 11.2 Å². The molecule has 0 aliphatic rings. The van der Waals surface area contributed by atoms with Gasteiger partial charge >= 0.3 is 0 Å². The van der Waals surface area contributed by atoms with Crippen molar-refractivity contribution in [2.24, 2.45) is 5.73 Å². The van der Waals surface area contributed by atoms with Crippen molar-refractivity contribution in [3.8, 4) is 0 Å². The lowest BCUT2D eigenvalue weighted by Gasteiger charge is -1.92. The molecular formula is C5H6N3O. The second kappa shape index (κ2) is 2.30. The van der Waals surface area contributed by atoms with Gasteiger partial charge in [-0.25, -0.2) is 0 Å². The highest BCUT2D eigenvalue weighted by Crippen LogP contribution is 1.80. The zero-order valence-electron chi connectivity index (χ0n) is 4.74. The van der Waals surface area contributed by atoms with Gasteiger partial charge in [-0.3, -0.25) is 9.48 Å². The number of hydrogen-bond acceptors (Lipinski definition) is 2. The molecule has 4 heteroatoms. The van der Waals surface area contributed by atoms with E-state index in [1.165, 1.54) is 10.9 Å². The molecule has 9 heavy (non-hydrogen) atoms. The Morgan fingerprint density at radius 1 is 1.89 bits per heavy atom. The van der Waals surface area contributed by atoms with Crippen LogP contribution in [0.3, 0.4) is 0 Å². The number of hydrogen-bond donors (Lipinski definition) is 1. The summed E-state index contributed by atoms with van der Waals surface area (Å²) in [7, 11) is 0. The first-order valence-corrected chi connectivity index (χ1v) is 2.46. The van der Waals surface area contributed by atoms with Gasteiger partial charge in [-0.1, -0.05) is 0 Å². The van der Waals surface area contributed by atoms with Crippen LogP contribution in [0.4, 0.5) is 0 Å². The lowest BCUT2D eigenvalue weighted by molar-refractivity contribution is -0.118. The van der Waals surface area contributed by atoms with E-state index in [-0.39, 0.29) is 6.54 Å². The minimum absolute atomic E-state index is 0.128. The van der Waals surface area contributed by atoms with Gasteiger partial charge in [0.25, 0.3) is 0 Å². The molecule has 1 aromatic heterocycles. The van der Waals surface area contributed by atoms with E-state index >= 15 is 0 Å². The summed E-state index contributed by atoms with van der Waals surface area (Å²) in [4.78, 5) is 10.2. The second-order valence-electron chi connectivity index (χ2n) is 1.60. The van der Waals surface area contributed by atoms with Gasteiger partial charge < -0.3 is 5.73 Å². The van der Waals surface area contributed by atoms with Gasteiger partial charge in [0.2, 0.25) is 5.91 Å². The van der Waals surface area contributed by atoms with Crippen LogP contribution in [0.2, 0.25) is 0 Å². The van der Waals surface area contributed by atoms with E-state index in [1.807, 2.05) is 0 Å². The maximum absolute atomic E-state index is 10.2. The molecule has 2 N–H and O–H groups in total. The van der Waals surface area contributed by atoms with Crippen LogP contribution in [-0.4, -0.2) is 15.7 Å². The summed E-state index contributed by atoms with van der Waals surface area (Å²) in [6.07, 6.45) is 3.04. The number of amides is 1. The summed E-state index contributed by atoms with van der Waals surface area (Å²) in [5.41, 5.74) is 4.87. The molecule has 0 aliphatic heterocycles. The maximum Gasteiger partial charge on any atom is 0.239 e. The summed E-state index contributed by atoms with van der Waals surface area (Å²) >= 11 is 0. The lowest BCUT2D eigenvalue weighted by atomic mass is 10.6. The minimum atomic E-state index is -0.396. The van der Waals surface area contributed by atoms with Gasteiger partial charge in [0.1, 0.15) is 6.54 Å². The van der Waals surface area contributed by atoms with Crippen molar-refractivity contribution in [1.29, 1.82) is 0 Å². The molecule has 0 aliphatic carbocycles. The fourth-order valence-corrected chi connectivity index (χ4v) is 0.506. The third kappa shape index (κ3) is 1.56. The molecule has 0 atom stereocenters. The number of nitrogens with two attached hydrogens (primary N) is 1. The quantitative estimate of drug-likeness (QED) is 0.559. The van der Waals surface area contributed by atoms with Gasteiger partial charge in [0.15, 0.2) is 0 Å². The van der Waals surface area contributed by atoms with Gasteiger partial charge in [-0.2, -0.15) is 5.10 Å². The average Bonchev–Trinajstić information content (AvgIpc) is 2.15. The molecule has 1 aromatic rings. The smallest absolute Gasteiger partial charge is 0.239 e. The largest absolute Gasteiger partial charge is 0.368 e. The van der Waals surface area contributed by atoms with Crippen molar-refractivity contribution < 1.29 is 4.79 Å². The van der Waals surface area contributed by atoms with Crippen LogP contribution in [0.5, 0.6) is 0 Å². The summed E-state index contributed by atoms with van der Waals surface area (Å²) in [6, 6.07) is 2.68. The van der Waals surface area contributed by atoms with Crippen molar-refractivity contribution in [1.82, 2.24) is 9.78 Å². The van der Waals surface area contributed by atoms with E-state index in [9.17, 15) is 4.79 Å². The Balaban J connectivity index is 2.58. The third-order valence-electron chi connectivity index (χ3n) is 0.822.